The van der Waals surface area contributed by atoms with Crippen molar-refractivity contribution in [3.05, 3.63) is 35.4 Å². The highest BCUT2D eigenvalue weighted by atomic mass is 16.6. The molecule has 0 spiro atoms. The van der Waals surface area contributed by atoms with Gasteiger partial charge in [0, 0.05) is 0 Å². The van der Waals surface area contributed by atoms with Crippen LogP contribution in [0.3, 0.4) is 0 Å². The third-order valence-electron chi connectivity index (χ3n) is 5.01. The molecule has 22 heavy (non-hydrogen) atoms. The highest BCUT2D eigenvalue weighted by Gasteiger charge is 2.48. The Balaban J connectivity index is 1.92. The minimum absolute atomic E-state index is 0.227. The van der Waals surface area contributed by atoms with Crippen LogP contribution in [0.2, 0.25) is 0 Å². The quantitative estimate of drug-likeness (QED) is 0.827. The Bertz CT molecular complexity index is 561. The van der Waals surface area contributed by atoms with Gasteiger partial charge in [-0.3, -0.25) is 0 Å². The van der Waals surface area contributed by atoms with E-state index in [0.29, 0.717) is 5.92 Å². The predicted molar refractivity (Wildman–Crippen MR) is 87.8 cm³/mol. The van der Waals surface area contributed by atoms with Crippen molar-refractivity contribution in [2.24, 2.45) is 5.92 Å². The number of carbonyl (C=O) groups excluding carboxylic acids is 1. The molecule has 3 heteroatoms. The van der Waals surface area contributed by atoms with E-state index in [0.717, 1.165) is 12.8 Å². The molecule has 0 saturated heterocycles. The van der Waals surface area contributed by atoms with Crippen LogP contribution in [0, 0.1) is 5.92 Å². The Morgan fingerprint density at radius 3 is 2.77 bits per heavy atom. The average molecular weight is 301 g/mol. The molecule has 1 fully saturated rings. The lowest BCUT2D eigenvalue weighted by Crippen LogP contribution is -2.50. The van der Waals surface area contributed by atoms with E-state index in [4.69, 9.17) is 4.74 Å². The van der Waals surface area contributed by atoms with Gasteiger partial charge in [0.1, 0.15) is 5.60 Å². The molecule has 1 aromatic rings. The Morgan fingerprint density at radius 2 is 2.00 bits per heavy atom. The first-order valence-corrected chi connectivity index (χ1v) is 8.50. The maximum atomic E-state index is 12.5. The predicted octanol–water partition coefficient (Wildman–Crippen LogP) is 4.54. The molecule has 1 amide bonds. The Morgan fingerprint density at radius 1 is 1.23 bits per heavy atom. The van der Waals surface area contributed by atoms with Gasteiger partial charge in [-0.15, -0.1) is 0 Å². The van der Waals surface area contributed by atoms with E-state index in [1.165, 1.54) is 36.8 Å². The SMILES string of the molecule is CC(C)(C)OC(=O)NC12CCCCCC1Cc1ccccc12. The summed E-state index contributed by atoms with van der Waals surface area (Å²) in [7, 11) is 0. The molecule has 0 heterocycles. The first-order valence-electron chi connectivity index (χ1n) is 8.50. The van der Waals surface area contributed by atoms with Gasteiger partial charge < -0.3 is 10.1 Å². The summed E-state index contributed by atoms with van der Waals surface area (Å²) >= 11 is 0. The Hall–Kier alpha value is -1.51. The largest absolute Gasteiger partial charge is 0.444 e. The van der Waals surface area contributed by atoms with Gasteiger partial charge in [0.2, 0.25) is 0 Å². The van der Waals surface area contributed by atoms with E-state index in [9.17, 15) is 4.79 Å². The zero-order valence-corrected chi connectivity index (χ0v) is 13.9. The van der Waals surface area contributed by atoms with Gasteiger partial charge in [-0.1, -0.05) is 43.5 Å². The lowest BCUT2D eigenvalue weighted by atomic mass is 9.80. The summed E-state index contributed by atoms with van der Waals surface area (Å²) in [4.78, 5) is 12.5. The van der Waals surface area contributed by atoms with Gasteiger partial charge in [0.05, 0.1) is 5.54 Å². The van der Waals surface area contributed by atoms with Gasteiger partial charge in [-0.25, -0.2) is 4.79 Å². The van der Waals surface area contributed by atoms with Crippen LogP contribution in [-0.4, -0.2) is 11.7 Å². The van der Waals surface area contributed by atoms with Crippen molar-refractivity contribution < 1.29 is 9.53 Å². The highest BCUT2D eigenvalue weighted by Crippen LogP contribution is 2.48. The van der Waals surface area contributed by atoms with Gasteiger partial charge in [0.25, 0.3) is 0 Å². The third-order valence-corrected chi connectivity index (χ3v) is 5.01. The average Bonchev–Trinajstić information content (AvgIpc) is 2.58. The smallest absolute Gasteiger partial charge is 0.408 e. The zero-order valence-electron chi connectivity index (χ0n) is 13.9. The monoisotopic (exact) mass is 301 g/mol. The molecular formula is C19H27NO2. The van der Waals surface area contributed by atoms with Crippen molar-refractivity contribution in [1.29, 1.82) is 0 Å². The van der Waals surface area contributed by atoms with E-state index in [1.54, 1.807) is 0 Å². The van der Waals surface area contributed by atoms with Crippen LogP contribution in [0.5, 0.6) is 0 Å². The van der Waals surface area contributed by atoms with Gasteiger partial charge in [0.15, 0.2) is 0 Å². The number of hydrogen-bond donors (Lipinski definition) is 1. The van der Waals surface area contributed by atoms with Gasteiger partial charge in [-0.2, -0.15) is 0 Å². The number of hydrogen-bond acceptors (Lipinski definition) is 2. The summed E-state index contributed by atoms with van der Waals surface area (Å²) in [5.74, 6) is 0.500. The standard InChI is InChI=1S/C19H27NO2/c1-18(2,3)22-17(21)20-19-12-8-4-5-10-15(19)13-14-9-6-7-11-16(14)19/h6-7,9,11,15H,4-5,8,10,12-13H2,1-3H3,(H,20,21). The summed E-state index contributed by atoms with van der Waals surface area (Å²) in [6, 6.07) is 8.59. The Kier molecular flexibility index (Phi) is 3.92. The van der Waals surface area contributed by atoms with Crippen LogP contribution in [0.25, 0.3) is 0 Å². The molecule has 2 aliphatic rings. The molecule has 0 bridgehead atoms. The molecule has 120 valence electrons. The summed E-state index contributed by atoms with van der Waals surface area (Å²) in [5, 5.41) is 3.29. The van der Waals surface area contributed by atoms with E-state index < -0.39 is 5.60 Å². The zero-order chi connectivity index (χ0) is 15.8. The number of benzene rings is 1. The van der Waals surface area contributed by atoms with Crippen LogP contribution in [0.1, 0.15) is 64.0 Å². The molecule has 1 aromatic carbocycles. The van der Waals surface area contributed by atoms with Crippen molar-refractivity contribution in [3.8, 4) is 0 Å². The van der Waals surface area contributed by atoms with Crippen molar-refractivity contribution in [3.63, 3.8) is 0 Å². The first-order chi connectivity index (χ1) is 10.4. The summed E-state index contributed by atoms with van der Waals surface area (Å²) in [6.07, 6.45) is 6.69. The maximum Gasteiger partial charge on any atom is 0.408 e. The molecule has 1 N–H and O–H groups in total. The fourth-order valence-electron chi connectivity index (χ4n) is 4.17. The van der Waals surface area contributed by atoms with Crippen molar-refractivity contribution in [1.82, 2.24) is 5.32 Å². The highest BCUT2D eigenvalue weighted by molar-refractivity contribution is 5.70. The number of nitrogens with one attached hydrogen (secondary N) is 1. The summed E-state index contributed by atoms with van der Waals surface area (Å²) in [6.45, 7) is 5.74. The number of carbonyl (C=O) groups is 1. The second-order valence-electron chi connectivity index (χ2n) is 7.76. The number of rotatable bonds is 1. The second kappa shape index (κ2) is 5.60. The van der Waals surface area contributed by atoms with Crippen LogP contribution in [-0.2, 0) is 16.7 Å². The Labute approximate surface area is 133 Å². The number of amides is 1. The molecule has 2 unspecified atom stereocenters. The normalized spacial score (nSPS) is 27.5. The molecule has 0 aromatic heterocycles. The van der Waals surface area contributed by atoms with Gasteiger partial charge in [-0.05, 0) is 57.1 Å². The molecule has 2 aliphatic carbocycles. The van der Waals surface area contributed by atoms with E-state index in [1.807, 2.05) is 20.8 Å². The topological polar surface area (TPSA) is 38.3 Å². The van der Waals surface area contributed by atoms with E-state index in [-0.39, 0.29) is 11.6 Å². The fraction of sp³-hybridized carbons (Fsp3) is 0.632. The van der Waals surface area contributed by atoms with E-state index in [2.05, 4.69) is 29.6 Å². The first kappa shape index (κ1) is 15.4. The molecule has 0 aliphatic heterocycles. The third kappa shape index (κ3) is 2.86. The van der Waals surface area contributed by atoms with Gasteiger partial charge >= 0.3 is 6.09 Å². The molecule has 3 rings (SSSR count). The number of ether oxygens (including phenoxy) is 1. The lowest BCUT2D eigenvalue weighted by molar-refractivity contribution is 0.0403. The maximum absolute atomic E-state index is 12.5. The molecular weight excluding hydrogens is 274 g/mol. The number of alkyl carbamates (subject to hydrolysis) is 1. The van der Waals surface area contributed by atoms with Crippen LogP contribution in [0.4, 0.5) is 4.79 Å². The van der Waals surface area contributed by atoms with Crippen molar-refractivity contribution in [2.75, 3.05) is 0 Å². The second-order valence-corrected chi connectivity index (χ2v) is 7.76. The fourth-order valence-corrected chi connectivity index (χ4v) is 4.17. The molecule has 2 atom stereocenters. The lowest BCUT2D eigenvalue weighted by Gasteiger charge is -2.37. The van der Waals surface area contributed by atoms with Crippen molar-refractivity contribution >= 4 is 6.09 Å². The summed E-state index contributed by atoms with van der Waals surface area (Å²) in [5.41, 5.74) is 2.02. The van der Waals surface area contributed by atoms with Crippen LogP contribution in [0.15, 0.2) is 24.3 Å². The minimum atomic E-state index is -0.459. The minimum Gasteiger partial charge on any atom is -0.444 e. The van der Waals surface area contributed by atoms with E-state index >= 15 is 0 Å². The van der Waals surface area contributed by atoms with Crippen molar-refractivity contribution in [2.45, 2.75) is 70.4 Å². The molecule has 3 nitrogen and oxygen atoms in total. The molecule has 0 radical (unpaired) electrons. The van der Waals surface area contributed by atoms with Crippen LogP contribution >= 0.6 is 0 Å². The van der Waals surface area contributed by atoms with Crippen LogP contribution < -0.4 is 5.32 Å². The number of fused-ring (bicyclic) bond motifs is 3. The summed E-state index contributed by atoms with van der Waals surface area (Å²) < 4.78 is 5.55. The molecule has 1 saturated carbocycles.